The van der Waals surface area contributed by atoms with Crippen LogP contribution in [0.25, 0.3) is 34.3 Å². The molecule has 190 valence electrons. The van der Waals surface area contributed by atoms with Gasteiger partial charge < -0.3 is 19.7 Å². The Hall–Kier alpha value is -4.02. The second-order valence-corrected chi connectivity index (χ2v) is 9.56. The summed E-state index contributed by atoms with van der Waals surface area (Å²) in [4.78, 5) is 19.8. The molecule has 0 spiro atoms. The van der Waals surface area contributed by atoms with Gasteiger partial charge in [0, 0.05) is 41.7 Å². The van der Waals surface area contributed by atoms with Crippen molar-refractivity contribution in [2.45, 2.75) is 19.1 Å². The summed E-state index contributed by atoms with van der Waals surface area (Å²) in [6, 6.07) is 7.72. The monoisotopic (exact) mass is 499 g/mol. The van der Waals surface area contributed by atoms with Crippen molar-refractivity contribution >= 4 is 29.0 Å². The number of hydrogen-bond donors (Lipinski definition) is 2. The molecule has 0 radical (unpaired) electrons. The third-order valence-electron chi connectivity index (χ3n) is 6.96. The molecule has 2 N–H and O–H groups in total. The van der Waals surface area contributed by atoms with Gasteiger partial charge in [-0.25, -0.2) is 0 Å². The summed E-state index contributed by atoms with van der Waals surface area (Å²) >= 11 is 0. The van der Waals surface area contributed by atoms with Crippen molar-refractivity contribution in [1.82, 2.24) is 35.2 Å². The molecule has 5 heterocycles. The summed E-state index contributed by atoms with van der Waals surface area (Å²) < 4.78 is 13.9. The van der Waals surface area contributed by atoms with Crippen LogP contribution >= 0.6 is 0 Å². The molecule has 1 saturated heterocycles. The van der Waals surface area contributed by atoms with Gasteiger partial charge >= 0.3 is 0 Å². The van der Waals surface area contributed by atoms with Crippen LogP contribution in [0.4, 0.5) is 0 Å². The van der Waals surface area contributed by atoms with E-state index in [9.17, 15) is 4.79 Å². The lowest BCUT2D eigenvalue weighted by molar-refractivity contribution is 0.0851. The van der Waals surface area contributed by atoms with Gasteiger partial charge in [-0.15, -0.1) is 0 Å². The molecular formula is C27H29N7O3. The van der Waals surface area contributed by atoms with Gasteiger partial charge in [0.25, 0.3) is 5.91 Å². The van der Waals surface area contributed by atoms with Crippen LogP contribution in [0.1, 0.15) is 33.7 Å². The van der Waals surface area contributed by atoms with Gasteiger partial charge in [-0.3, -0.25) is 19.6 Å². The molecule has 6 rings (SSSR count). The lowest BCUT2D eigenvalue weighted by atomic mass is 10.1. The van der Waals surface area contributed by atoms with Crippen molar-refractivity contribution < 1.29 is 14.3 Å². The fourth-order valence-corrected chi connectivity index (χ4v) is 4.87. The van der Waals surface area contributed by atoms with Crippen LogP contribution in [-0.2, 0) is 18.4 Å². The average molecular weight is 500 g/mol. The van der Waals surface area contributed by atoms with Crippen LogP contribution in [0.2, 0.25) is 0 Å². The fourth-order valence-electron chi connectivity index (χ4n) is 4.87. The first kappa shape index (κ1) is 23.4. The SMILES string of the molecule is CN1CC[C@@H](NC(=O)c2ccc3c(c2)OCCOCc2c(cnn2C)-c2cc4c(n[nH]c4cn2)/C=C/3)C1. The number of likely N-dealkylation sites (tertiary alicyclic amines) is 1. The van der Waals surface area contributed by atoms with E-state index in [1.54, 1.807) is 16.9 Å². The minimum atomic E-state index is -0.0927. The molecule has 1 aromatic carbocycles. The molecule has 1 fully saturated rings. The third kappa shape index (κ3) is 4.73. The number of nitrogens with one attached hydrogen (secondary N) is 2. The molecule has 0 saturated carbocycles. The summed E-state index contributed by atoms with van der Waals surface area (Å²) in [5, 5.41) is 16.0. The average Bonchev–Trinajstić information content (AvgIpc) is 3.60. The predicted molar refractivity (Wildman–Crippen MR) is 140 cm³/mol. The number of carbonyl (C=O) groups excluding carboxylic acids is 1. The van der Waals surface area contributed by atoms with E-state index in [1.807, 2.05) is 43.6 Å². The van der Waals surface area contributed by atoms with E-state index in [0.29, 0.717) is 31.1 Å². The standard InChI is InChI=1S/C27H29N7O3/c1-33-8-7-19(15-33)30-27(35)18-4-3-17-5-6-22-20-12-23(28-14-24(20)32-31-22)21-13-29-34(2)25(21)16-36-9-10-37-26(17)11-18/h3-6,11-14,19H,7-10,15-16H2,1-2H3,(H,30,35)(H,31,32)/b6-5+/t19-/m1/s1. The summed E-state index contributed by atoms with van der Waals surface area (Å²) in [5.41, 5.74) is 5.71. The number of H-pyrrole nitrogens is 1. The molecule has 10 heteroatoms. The molecule has 2 aliphatic rings. The lowest BCUT2D eigenvalue weighted by Crippen LogP contribution is -2.36. The third-order valence-corrected chi connectivity index (χ3v) is 6.96. The number of benzene rings is 1. The molecule has 3 aromatic heterocycles. The van der Waals surface area contributed by atoms with Crippen LogP contribution < -0.4 is 10.1 Å². The minimum absolute atomic E-state index is 0.0927. The summed E-state index contributed by atoms with van der Waals surface area (Å²) in [6.07, 6.45) is 8.45. The summed E-state index contributed by atoms with van der Waals surface area (Å²) in [7, 11) is 3.96. The first-order chi connectivity index (χ1) is 18.0. The van der Waals surface area contributed by atoms with Crippen molar-refractivity contribution in [3.63, 3.8) is 0 Å². The smallest absolute Gasteiger partial charge is 0.251 e. The van der Waals surface area contributed by atoms with Crippen LogP contribution in [0.3, 0.4) is 0 Å². The Labute approximate surface area is 214 Å². The van der Waals surface area contributed by atoms with Crippen LogP contribution in [-0.4, -0.2) is 75.2 Å². The molecule has 1 amide bonds. The molecule has 4 aromatic rings. The second kappa shape index (κ2) is 9.79. The Morgan fingerprint density at radius 2 is 2.08 bits per heavy atom. The van der Waals surface area contributed by atoms with E-state index < -0.39 is 0 Å². The molecule has 2 bridgehead atoms. The molecule has 2 aliphatic heterocycles. The Kier molecular flexibility index (Phi) is 6.19. The molecule has 10 nitrogen and oxygen atoms in total. The molecule has 37 heavy (non-hydrogen) atoms. The van der Waals surface area contributed by atoms with Crippen LogP contribution in [0, 0.1) is 0 Å². The summed E-state index contributed by atoms with van der Waals surface area (Å²) in [6.45, 7) is 2.94. The van der Waals surface area contributed by atoms with E-state index in [-0.39, 0.29) is 11.9 Å². The van der Waals surface area contributed by atoms with Gasteiger partial charge in [-0.05, 0) is 50.4 Å². The Balaban J connectivity index is 1.34. The number of pyridine rings is 1. The van der Waals surface area contributed by atoms with Crippen molar-refractivity contribution in [1.29, 1.82) is 0 Å². The maximum Gasteiger partial charge on any atom is 0.251 e. The highest BCUT2D eigenvalue weighted by Gasteiger charge is 2.22. The van der Waals surface area contributed by atoms with Gasteiger partial charge in [0.15, 0.2) is 0 Å². The van der Waals surface area contributed by atoms with E-state index in [4.69, 9.17) is 9.47 Å². The highest BCUT2D eigenvalue weighted by atomic mass is 16.5. The quantitative estimate of drug-likeness (QED) is 0.436. The molecule has 0 aliphatic carbocycles. The number of amides is 1. The number of rotatable bonds is 2. The van der Waals surface area contributed by atoms with Crippen LogP contribution in [0.5, 0.6) is 5.75 Å². The Morgan fingerprint density at radius 3 is 2.95 bits per heavy atom. The van der Waals surface area contributed by atoms with Crippen molar-refractivity contribution in [3.8, 4) is 17.0 Å². The first-order valence-corrected chi connectivity index (χ1v) is 12.4. The van der Waals surface area contributed by atoms with Gasteiger partial charge in [0.2, 0.25) is 0 Å². The highest BCUT2D eigenvalue weighted by Crippen LogP contribution is 2.29. The predicted octanol–water partition coefficient (Wildman–Crippen LogP) is 2.87. The van der Waals surface area contributed by atoms with E-state index in [1.165, 1.54) is 0 Å². The van der Waals surface area contributed by atoms with Crippen LogP contribution in [0.15, 0.2) is 36.7 Å². The van der Waals surface area contributed by atoms with Gasteiger partial charge in [0.1, 0.15) is 12.4 Å². The number of ether oxygens (including phenoxy) is 2. The number of aryl methyl sites for hydroxylation is 1. The Bertz CT molecular complexity index is 1490. The van der Waals surface area contributed by atoms with Gasteiger partial charge in [-0.2, -0.15) is 10.2 Å². The van der Waals surface area contributed by atoms with Gasteiger partial charge in [-0.1, -0.05) is 6.07 Å². The number of fused-ring (bicyclic) bond motifs is 4. The van der Waals surface area contributed by atoms with E-state index >= 15 is 0 Å². The number of carbonyl (C=O) groups is 1. The number of likely N-dealkylation sites (N-methyl/N-ethyl adjacent to an activating group) is 1. The minimum Gasteiger partial charge on any atom is -0.491 e. The first-order valence-electron chi connectivity index (χ1n) is 12.4. The van der Waals surface area contributed by atoms with Crippen molar-refractivity contribution in [3.05, 3.63) is 59.2 Å². The molecule has 0 unspecified atom stereocenters. The lowest BCUT2D eigenvalue weighted by Gasteiger charge is -2.15. The van der Waals surface area contributed by atoms with Crippen molar-refractivity contribution in [2.24, 2.45) is 7.05 Å². The summed E-state index contributed by atoms with van der Waals surface area (Å²) in [5.74, 6) is 0.527. The number of aromatic nitrogens is 5. The number of aromatic amines is 1. The molecular weight excluding hydrogens is 470 g/mol. The second-order valence-electron chi connectivity index (χ2n) is 9.56. The van der Waals surface area contributed by atoms with Gasteiger partial charge in [0.05, 0.1) is 48.2 Å². The van der Waals surface area contributed by atoms with E-state index in [0.717, 1.165) is 58.6 Å². The zero-order valence-corrected chi connectivity index (χ0v) is 20.9. The Morgan fingerprint density at radius 1 is 1.16 bits per heavy atom. The topological polar surface area (TPSA) is 110 Å². The largest absolute Gasteiger partial charge is 0.491 e. The zero-order chi connectivity index (χ0) is 25.4. The van der Waals surface area contributed by atoms with Crippen molar-refractivity contribution in [2.75, 3.05) is 33.4 Å². The fraction of sp³-hybridized carbons (Fsp3) is 0.333. The zero-order valence-electron chi connectivity index (χ0n) is 20.9. The van der Waals surface area contributed by atoms with E-state index in [2.05, 4.69) is 37.5 Å². The number of nitrogens with zero attached hydrogens (tertiary/aromatic N) is 5. The highest BCUT2D eigenvalue weighted by molar-refractivity contribution is 5.96. The maximum atomic E-state index is 12.9. The maximum absolute atomic E-state index is 12.9. The molecule has 1 atom stereocenters. The number of hydrogen-bond acceptors (Lipinski definition) is 7. The normalized spacial score (nSPS) is 19.0.